The SMILES string of the molecule is Nc1nc(Cl)cc(NCCCS(N)(=O)=O)n1. The van der Waals surface area contributed by atoms with Crippen LogP contribution in [0.1, 0.15) is 6.42 Å². The average molecular weight is 266 g/mol. The van der Waals surface area contributed by atoms with Crippen LogP contribution >= 0.6 is 11.6 Å². The molecule has 0 saturated carbocycles. The third-order valence-corrected chi connectivity index (χ3v) is 2.68. The molecule has 1 heterocycles. The minimum absolute atomic E-state index is 0.0569. The molecule has 0 amide bonds. The second kappa shape index (κ2) is 5.28. The standard InChI is InChI=1S/C7H12ClN5O2S/c8-5-4-6(13-7(9)12-5)11-2-1-3-16(10,14)15/h4H,1-3H2,(H2,10,14,15)(H3,9,11,12,13). The number of nitrogens with zero attached hydrogens (tertiary/aromatic N) is 2. The Morgan fingerprint density at radius 1 is 1.44 bits per heavy atom. The second-order valence-corrected chi connectivity index (χ2v) is 5.20. The molecule has 0 bridgehead atoms. The van der Waals surface area contributed by atoms with Gasteiger partial charge in [-0.05, 0) is 6.42 Å². The fourth-order valence-electron chi connectivity index (χ4n) is 1.02. The van der Waals surface area contributed by atoms with Crippen LogP contribution in [0.25, 0.3) is 0 Å². The molecule has 0 unspecified atom stereocenters. The number of primary sulfonamides is 1. The molecule has 0 spiro atoms. The van der Waals surface area contributed by atoms with Gasteiger partial charge in [0.2, 0.25) is 16.0 Å². The number of anilines is 2. The van der Waals surface area contributed by atoms with Gasteiger partial charge in [0.25, 0.3) is 0 Å². The maximum atomic E-state index is 10.6. The van der Waals surface area contributed by atoms with Crippen LogP contribution in [0.15, 0.2) is 6.07 Å². The summed E-state index contributed by atoms with van der Waals surface area (Å²) in [5.41, 5.74) is 5.37. The molecule has 0 aromatic carbocycles. The molecule has 0 aliphatic rings. The molecule has 90 valence electrons. The molecule has 0 fully saturated rings. The normalized spacial score (nSPS) is 11.4. The van der Waals surface area contributed by atoms with Crippen LogP contribution in [0.5, 0.6) is 0 Å². The summed E-state index contributed by atoms with van der Waals surface area (Å²) in [6.07, 6.45) is 0.375. The quantitative estimate of drug-likeness (QED) is 0.500. The molecule has 7 nitrogen and oxygen atoms in total. The van der Waals surface area contributed by atoms with Gasteiger partial charge in [-0.15, -0.1) is 0 Å². The zero-order chi connectivity index (χ0) is 12.2. The Balaban J connectivity index is 2.43. The lowest BCUT2D eigenvalue weighted by molar-refractivity contribution is 0.595. The van der Waals surface area contributed by atoms with E-state index < -0.39 is 10.0 Å². The van der Waals surface area contributed by atoms with Crippen molar-refractivity contribution in [3.05, 3.63) is 11.2 Å². The maximum Gasteiger partial charge on any atom is 0.223 e. The summed E-state index contributed by atoms with van der Waals surface area (Å²) in [5.74, 6) is 0.419. The third-order valence-electron chi connectivity index (χ3n) is 1.62. The molecule has 0 aliphatic carbocycles. The van der Waals surface area contributed by atoms with E-state index in [1.807, 2.05) is 0 Å². The van der Waals surface area contributed by atoms with Gasteiger partial charge in [0.15, 0.2) is 0 Å². The van der Waals surface area contributed by atoms with Crippen molar-refractivity contribution in [3.8, 4) is 0 Å². The van der Waals surface area contributed by atoms with Crippen molar-refractivity contribution in [2.75, 3.05) is 23.3 Å². The van der Waals surface area contributed by atoms with Gasteiger partial charge in [-0.1, -0.05) is 11.6 Å². The molecular weight excluding hydrogens is 254 g/mol. The first-order chi connectivity index (χ1) is 7.37. The molecule has 1 aromatic heterocycles. The number of nitrogens with two attached hydrogens (primary N) is 2. The number of nitrogen functional groups attached to an aromatic ring is 1. The van der Waals surface area contributed by atoms with Crippen LogP contribution in [-0.2, 0) is 10.0 Å². The molecule has 1 aromatic rings. The highest BCUT2D eigenvalue weighted by molar-refractivity contribution is 7.89. The van der Waals surface area contributed by atoms with Crippen LogP contribution in [-0.4, -0.2) is 30.7 Å². The lowest BCUT2D eigenvalue weighted by atomic mass is 10.4. The van der Waals surface area contributed by atoms with Crippen molar-refractivity contribution in [3.63, 3.8) is 0 Å². The molecule has 5 N–H and O–H groups in total. The molecular formula is C7H12ClN5O2S. The van der Waals surface area contributed by atoms with E-state index in [-0.39, 0.29) is 16.9 Å². The summed E-state index contributed by atoms with van der Waals surface area (Å²) in [4.78, 5) is 7.54. The Kier molecular flexibility index (Phi) is 4.27. The van der Waals surface area contributed by atoms with Crippen LogP contribution < -0.4 is 16.2 Å². The lowest BCUT2D eigenvalue weighted by Gasteiger charge is -2.05. The van der Waals surface area contributed by atoms with Gasteiger partial charge < -0.3 is 11.1 Å². The minimum Gasteiger partial charge on any atom is -0.370 e. The van der Waals surface area contributed by atoms with Gasteiger partial charge in [0.05, 0.1) is 5.75 Å². The number of hydrogen-bond donors (Lipinski definition) is 3. The van der Waals surface area contributed by atoms with Gasteiger partial charge in [0, 0.05) is 12.6 Å². The largest absolute Gasteiger partial charge is 0.370 e. The Morgan fingerprint density at radius 2 is 2.12 bits per heavy atom. The minimum atomic E-state index is -3.42. The van der Waals surface area contributed by atoms with E-state index in [0.717, 1.165) is 0 Å². The first kappa shape index (κ1) is 12.9. The molecule has 0 saturated heterocycles. The zero-order valence-corrected chi connectivity index (χ0v) is 9.92. The topological polar surface area (TPSA) is 124 Å². The van der Waals surface area contributed by atoms with Crippen molar-refractivity contribution in [1.29, 1.82) is 0 Å². The van der Waals surface area contributed by atoms with E-state index >= 15 is 0 Å². The highest BCUT2D eigenvalue weighted by atomic mass is 35.5. The summed E-state index contributed by atoms with van der Waals surface area (Å²) in [5, 5.41) is 7.93. The third kappa shape index (κ3) is 5.10. The Hall–Kier alpha value is -1.12. The van der Waals surface area contributed by atoms with Crippen LogP contribution in [0.3, 0.4) is 0 Å². The summed E-state index contributed by atoms with van der Waals surface area (Å²) in [7, 11) is -3.42. The van der Waals surface area contributed by atoms with Gasteiger partial charge in [-0.3, -0.25) is 0 Å². The van der Waals surface area contributed by atoms with E-state index in [1.54, 1.807) is 0 Å². The van der Waals surface area contributed by atoms with Crippen molar-refractivity contribution < 1.29 is 8.42 Å². The lowest BCUT2D eigenvalue weighted by Crippen LogP contribution is -2.19. The first-order valence-electron chi connectivity index (χ1n) is 4.41. The number of nitrogens with one attached hydrogen (secondary N) is 1. The molecule has 0 atom stereocenters. The zero-order valence-electron chi connectivity index (χ0n) is 8.35. The van der Waals surface area contributed by atoms with E-state index in [0.29, 0.717) is 18.8 Å². The van der Waals surface area contributed by atoms with E-state index in [4.69, 9.17) is 22.5 Å². The van der Waals surface area contributed by atoms with Crippen molar-refractivity contribution in [2.24, 2.45) is 5.14 Å². The van der Waals surface area contributed by atoms with Crippen molar-refractivity contribution in [2.45, 2.75) is 6.42 Å². The Morgan fingerprint density at radius 3 is 2.69 bits per heavy atom. The fraction of sp³-hybridized carbons (Fsp3) is 0.429. The van der Waals surface area contributed by atoms with E-state index in [2.05, 4.69) is 15.3 Å². The Labute approximate surface area is 98.3 Å². The molecule has 16 heavy (non-hydrogen) atoms. The van der Waals surface area contributed by atoms with Gasteiger partial charge in [-0.25, -0.2) is 18.5 Å². The van der Waals surface area contributed by atoms with Crippen LogP contribution in [0.2, 0.25) is 5.15 Å². The van der Waals surface area contributed by atoms with Crippen LogP contribution in [0.4, 0.5) is 11.8 Å². The molecule has 0 aliphatic heterocycles. The number of sulfonamides is 1. The Bertz CT molecular complexity index is 444. The summed E-state index contributed by atoms with van der Waals surface area (Å²) < 4.78 is 21.3. The smallest absolute Gasteiger partial charge is 0.223 e. The van der Waals surface area contributed by atoms with Crippen molar-refractivity contribution in [1.82, 2.24) is 9.97 Å². The predicted octanol–water partition coefficient (Wildman–Crippen LogP) is -0.197. The second-order valence-electron chi connectivity index (χ2n) is 3.08. The van der Waals surface area contributed by atoms with Crippen molar-refractivity contribution >= 4 is 33.4 Å². The van der Waals surface area contributed by atoms with Gasteiger partial charge >= 0.3 is 0 Å². The van der Waals surface area contributed by atoms with E-state index in [1.165, 1.54) is 6.07 Å². The van der Waals surface area contributed by atoms with Gasteiger partial charge in [0.1, 0.15) is 11.0 Å². The molecule has 9 heteroatoms. The summed E-state index contributed by atoms with van der Waals surface area (Å²) in [6, 6.07) is 1.49. The number of halogens is 1. The predicted molar refractivity (Wildman–Crippen MR) is 62.5 cm³/mol. The summed E-state index contributed by atoms with van der Waals surface area (Å²) in [6.45, 7) is 0.406. The van der Waals surface area contributed by atoms with E-state index in [9.17, 15) is 8.42 Å². The monoisotopic (exact) mass is 265 g/mol. The number of hydrogen-bond acceptors (Lipinski definition) is 6. The first-order valence-corrected chi connectivity index (χ1v) is 6.50. The summed E-state index contributed by atoms with van der Waals surface area (Å²) >= 11 is 5.65. The van der Waals surface area contributed by atoms with Crippen LogP contribution in [0, 0.1) is 0 Å². The number of rotatable bonds is 5. The van der Waals surface area contributed by atoms with Gasteiger partial charge in [-0.2, -0.15) is 4.98 Å². The molecule has 1 rings (SSSR count). The highest BCUT2D eigenvalue weighted by Crippen LogP contribution is 2.12. The average Bonchev–Trinajstić information content (AvgIpc) is 2.09. The number of aromatic nitrogens is 2. The highest BCUT2D eigenvalue weighted by Gasteiger charge is 2.03. The maximum absolute atomic E-state index is 10.6. The molecule has 0 radical (unpaired) electrons. The fourth-order valence-corrected chi connectivity index (χ4v) is 1.75.